The standard InChI is InChI=1S/C14H20ClN3O/c15-12-3-1-2-4-13(12)17-14(19)10-18-7-5-11(9-16)6-8-18/h1-4,11H,5-10,16H2,(H,17,19). The maximum atomic E-state index is 11.9. The fraction of sp³-hybridized carbons (Fsp3) is 0.500. The molecule has 0 unspecified atom stereocenters. The number of anilines is 1. The fourth-order valence-electron chi connectivity index (χ4n) is 2.34. The molecule has 1 aliphatic rings. The number of piperidine rings is 1. The number of rotatable bonds is 4. The van der Waals surface area contributed by atoms with E-state index in [1.807, 2.05) is 12.1 Å². The highest BCUT2D eigenvalue weighted by molar-refractivity contribution is 6.33. The first kappa shape index (κ1) is 14.3. The lowest BCUT2D eigenvalue weighted by Crippen LogP contribution is -2.40. The monoisotopic (exact) mass is 281 g/mol. The van der Waals surface area contributed by atoms with Crippen molar-refractivity contribution in [3.63, 3.8) is 0 Å². The molecule has 1 aromatic carbocycles. The van der Waals surface area contributed by atoms with Crippen LogP contribution in [0.3, 0.4) is 0 Å². The third kappa shape index (κ3) is 4.20. The van der Waals surface area contributed by atoms with E-state index in [-0.39, 0.29) is 5.91 Å². The molecule has 0 radical (unpaired) electrons. The summed E-state index contributed by atoms with van der Waals surface area (Å²) in [5.41, 5.74) is 6.33. The Hall–Kier alpha value is -1.10. The van der Waals surface area contributed by atoms with Crippen LogP contribution in [0.2, 0.25) is 5.02 Å². The SMILES string of the molecule is NCC1CCN(CC(=O)Nc2ccccc2Cl)CC1. The average molecular weight is 282 g/mol. The van der Waals surface area contributed by atoms with E-state index in [4.69, 9.17) is 17.3 Å². The Morgan fingerprint density at radius 1 is 1.37 bits per heavy atom. The van der Waals surface area contributed by atoms with E-state index >= 15 is 0 Å². The van der Waals surface area contributed by atoms with Gasteiger partial charge in [-0.3, -0.25) is 9.69 Å². The van der Waals surface area contributed by atoms with Gasteiger partial charge in [-0.15, -0.1) is 0 Å². The summed E-state index contributed by atoms with van der Waals surface area (Å²) in [7, 11) is 0. The molecular weight excluding hydrogens is 262 g/mol. The van der Waals surface area contributed by atoms with Crippen molar-refractivity contribution >= 4 is 23.2 Å². The summed E-state index contributed by atoms with van der Waals surface area (Å²) in [6.45, 7) is 3.05. The highest BCUT2D eigenvalue weighted by Crippen LogP contribution is 2.20. The number of hydrogen-bond donors (Lipinski definition) is 2. The molecule has 3 N–H and O–H groups in total. The molecule has 0 spiro atoms. The predicted molar refractivity (Wildman–Crippen MR) is 78.3 cm³/mol. The van der Waals surface area contributed by atoms with Crippen LogP contribution in [0.25, 0.3) is 0 Å². The number of nitrogens with two attached hydrogens (primary N) is 1. The molecule has 0 atom stereocenters. The molecule has 1 aromatic rings. The second-order valence-electron chi connectivity index (χ2n) is 4.98. The number of carbonyl (C=O) groups excluding carboxylic acids is 1. The summed E-state index contributed by atoms with van der Waals surface area (Å²) < 4.78 is 0. The summed E-state index contributed by atoms with van der Waals surface area (Å²) >= 11 is 6.01. The predicted octanol–water partition coefficient (Wildman–Crippen LogP) is 1.95. The minimum atomic E-state index is -0.0145. The van der Waals surface area contributed by atoms with Crippen LogP contribution in [0.15, 0.2) is 24.3 Å². The molecule has 1 saturated heterocycles. The van der Waals surface area contributed by atoms with E-state index in [2.05, 4.69) is 10.2 Å². The van der Waals surface area contributed by atoms with Gasteiger partial charge in [-0.1, -0.05) is 23.7 Å². The molecular formula is C14H20ClN3O. The normalized spacial score (nSPS) is 17.4. The molecule has 0 aliphatic carbocycles. The highest BCUT2D eigenvalue weighted by Gasteiger charge is 2.19. The van der Waals surface area contributed by atoms with Gasteiger partial charge in [0.05, 0.1) is 17.3 Å². The van der Waals surface area contributed by atoms with Crippen LogP contribution in [0.5, 0.6) is 0 Å². The third-order valence-electron chi connectivity index (χ3n) is 3.56. The zero-order valence-corrected chi connectivity index (χ0v) is 11.7. The van der Waals surface area contributed by atoms with Crippen LogP contribution in [0.4, 0.5) is 5.69 Å². The van der Waals surface area contributed by atoms with Gasteiger partial charge in [0.1, 0.15) is 0 Å². The molecule has 104 valence electrons. The van der Waals surface area contributed by atoms with Crippen LogP contribution < -0.4 is 11.1 Å². The average Bonchev–Trinajstić information content (AvgIpc) is 2.42. The first-order valence-corrected chi connectivity index (χ1v) is 7.03. The zero-order valence-electron chi connectivity index (χ0n) is 10.9. The van der Waals surface area contributed by atoms with Crippen molar-refractivity contribution in [3.05, 3.63) is 29.3 Å². The molecule has 5 heteroatoms. The second kappa shape index (κ2) is 6.89. The van der Waals surface area contributed by atoms with Crippen LogP contribution in [-0.4, -0.2) is 37.0 Å². The Labute approximate surface area is 118 Å². The fourth-order valence-corrected chi connectivity index (χ4v) is 2.52. The topological polar surface area (TPSA) is 58.4 Å². The Balaban J connectivity index is 1.81. The largest absolute Gasteiger partial charge is 0.330 e. The number of carbonyl (C=O) groups is 1. The van der Waals surface area contributed by atoms with Crippen molar-refractivity contribution in [2.45, 2.75) is 12.8 Å². The number of likely N-dealkylation sites (tertiary alicyclic amines) is 1. The Morgan fingerprint density at radius 2 is 2.05 bits per heavy atom. The van der Waals surface area contributed by atoms with Crippen molar-refractivity contribution < 1.29 is 4.79 Å². The summed E-state index contributed by atoms with van der Waals surface area (Å²) in [4.78, 5) is 14.1. The van der Waals surface area contributed by atoms with Crippen LogP contribution in [0, 0.1) is 5.92 Å². The van der Waals surface area contributed by atoms with Gasteiger partial charge in [0.2, 0.25) is 5.91 Å². The van der Waals surface area contributed by atoms with E-state index in [0.29, 0.717) is 23.2 Å². The third-order valence-corrected chi connectivity index (χ3v) is 3.89. The molecule has 0 saturated carbocycles. The lowest BCUT2D eigenvalue weighted by molar-refractivity contribution is -0.117. The maximum Gasteiger partial charge on any atom is 0.238 e. The van der Waals surface area contributed by atoms with E-state index in [9.17, 15) is 4.79 Å². The molecule has 4 nitrogen and oxygen atoms in total. The molecule has 19 heavy (non-hydrogen) atoms. The molecule has 0 bridgehead atoms. The van der Waals surface area contributed by atoms with Crippen molar-refractivity contribution in [3.8, 4) is 0 Å². The highest BCUT2D eigenvalue weighted by atomic mass is 35.5. The Morgan fingerprint density at radius 3 is 2.68 bits per heavy atom. The molecule has 2 rings (SSSR count). The Kier molecular flexibility index (Phi) is 5.19. The lowest BCUT2D eigenvalue weighted by Gasteiger charge is -2.30. The van der Waals surface area contributed by atoms with Gasteiger partial charge in [-0.25, -0.2) is 0 Å². The summed E-state index contributed by atoms with van der Waals surface area (Å²) in [5.74, 6) is 0.599. The number of nitrogens with zero attached hydrogens (tertiary/aromatic N) is 1. The number of halogens is 1. The molecule has 1 heterocycles. The van der Waals surface area contributed by atoms with Crippen molar-refractivity contribution in [1.82, 2.24) is 4.90 Å². The summed E-state index contributed by atoms with van der Waals surface area (Å²) in [6.07, 6.45) is 2.16. The first-order chi connectivity index (χ1) is 9.19. The maximum absolute atomic E-state index is 11.9. The molecule has 1 amide bonds. The molecule has 0 aromatic heterocycles. The van der Waals surface area contributed by atoms with Gasteiger partial charge in [-0.2, -0.15) is 0 Å². The van der Waals surface area contributed by atoms with Gasteiger partial charge >= 0.3 is 0 Å². The van der Waals surface area contributed by atoms with Gasteiger partial charge in [0.25, 0.3) is 0 Å². The van der Waals surface area contributed by atoms with Gasteiger partial charge < -0.3 is 11.1 Å². The van der Waals surface area contributed by atoms with Crippen LogP contribution >= 0.6 is 11.6 Å². The minimum absolute atomic E-state index is 0.0145. The number of amides is 1. The smallest absolute Gasteiger partial charge is 0.238 e. The van der Waals surface area contributed by atoms with Crippen molar-refractivity contribution in [1.29, 1.82) is 0 Å². The van der Waals surface area contributed by atoms with Gasteiger partial charge in [-0.05, 0) is 50.5 Å². The number of nitrogens with one attached hydrogen (secondary N) is 1. The number of benzene rings is 1. The summed E-state index contributed by atoms with van der Waals surface area (Å²) in [6, 6.07) is 7.27. The minimum Gasteiger partial charge on any atom is -0.330 e. The quantitative estimate of drug-likeness (QED) is 0.887. The van der Waals surface area contributed by atoms with E-state index < -0.39 is 0 Å². The van der Waals surface area contributed by atoms with E-state index in [1.54, 1.807) is 12.1 Å². The molecule has 1 aliphatic heterocycles. The van der Waals surface area contributed by atoms with Crippen molar-refractivity contribution in [2.24, 2.45) is 11.7 Å². The van der Waals surface area contributed by atoms with Crippen LogP contribution in [-0.2, 0) is 4.79 Å². The van der Waals surface area contributed by atoms with Gasteiger partial charge in [0, 0.05) is 0 Å². The zero-order chi connectivity index (χ0) is 13.7. The van der Waals surface area contributed by atoms with Crippen LogP contribution in [0.1, 0.15) is 12.8 Å². The van der Waals surface area contributed by atoms with Gasteiger partial charge in [0.15, 0.2) is 0 Å². The molecule has 1 fully saturated rings. The van der Waals surface area contributed by atoms with Crippen molar-refractivity contribution in [2.75, 3.05) is 31.5 Å². The summed E-state index contributed by atoms with van der Waals surface area (Å²) in [5, 5.41) is 3.41. The Bertz CT molecular complexity index is 430. The first-order valence-electron chi connectivity index (χ1n) is 6.66. The lowest BCUT2D eigenvalue weighted by atomic mass is 9.97. The van der Waals surface area contributed by atoms with E-state index in [0.717, 1.165) is 32.5 Å². The van der Waals surface area contributed by atoms with E-state index in [1.165, 1.54) is 0 Å². The number of para-hydroxylation sites is 1. The number of hydrogen-bond acceptors (Lipinski definition) is 3. The second-order valence-corrected chi connectivity index (χ2v) is 5.39.